The molecule has 0 aliphatic heterocycles. The van der Waals surface area contributed by atoms with Crippen LogP contribution in [0.5, 0.6) is 0 Å². The van der Waals surface area contributed by atoms with Gasteiger partial charge in [0.05, 0.1) is 0 Å². The SMILES string of the molecule is ClCc1ccc(C#Cc2ccc(CCl)cc2)cc1. The Morgan fingerprint density at radius 3 is 1.22 bits per heavy atom. The first kappa shape index (κ1) is 13.0. The molecule has 0 N–H and O–H groups in total. The molecule has 0 aromatic heterocycles. The highest BCUT2D eigenvalue weighted by molar-refractivity contribution is 6.17. The molecule has 2 rings (SSSR count). The van der Waals surface area contributed by atoms with E-state index in [0.29, 0.717) is 11.8 Å². The van der Waals surface area contributed by atoms with Gasteiger partial charge in [-0.3, -0.25) is 0 Å². The van der Waals surface area contributed by atoms with Crippen LogP contribution in [0.15, 0.2) is 48.5 Å². The number of benzene rings is 2. The first-order valence-corrected chi connectivity index (χ1v) is 6.70. The summed E-state index contributed by atoms with van der Waals surface area (Å²) < 4.78 is 0. The van der Waals surface area contributed by atoms with Crippen LogP contribution in [0, 0.1) is 11.8 Å². The molecule has 0 nitrogen and oxygen atoms in total. The van der Waals surface area contributed by atoms with Crippen molar-refractivity contribution in [3.05, 3.63) is 70.8 Å². The third-order valence-electron chi connectivity index (χ3n) is 2.57. The van der Waals surface area contributed by atoms with Crippen molar-refractivity contribution in [3.63, 3.8) is 0 Å². The first-order chi connectivity index (χ1) is 8.81. The topological polar surface area (TPSA) is 0 Å². The second kappa shape index (κ2) is 6.50. The Balaban J connectivity index is 2.14. The number of rotatable bonds is 2. The molecule has 0 aliphatic rings. The van der Waals surface area contributed by atoms with Crippen LogP contribution in [0.4, 0.5) is 0 Å². The summed E-state index contributed by atoms with van der Waals surface area (Å²) in [6.45, 7) is 0. The monoisotopic (exact) mass is 274 g/mol. The van der Waals surface area contributed by atoms with Crippen LogP contribution < -0.4 is 0 Å². The van der Waals surface area contributed by atoms with Crippen molar-refractivity contribution in [2.45, 2.75) is 11.8 Å². The third kappa shape index (κ3) is 3.53. The first-order valence-electron chi connectivity index (χ1n) is 5.63. The van der Waals surface area contributed by atoms with Crippen molar-refractivity contribution in [2.24, 2.45) is 0 Å². The molecule has 0 bridgehead atoms. The van der Waals surface area contributed by atoms with E-state index in [1.807, 2.05) is 48.5 Å². The van der Waals surface area contributed by atoms with Crippen LogP contribution in [-0.2, 0) is 11.8 Å². The van der Waals surface area contributed by atoms with Crippen molar-refractivity contribution in [1.29, 1.82) is 0 Å². The molecule has 90 valence electrons. The smallest absolute Gasteiger partial charge is 0.0474 e. The molecule has 0 saturated heterocycles. The highest BCUT2D eigenvalue weighted by Gasteiger charge is 1.91. The molecule has 0 spiro atoms. The van der Waals surface area contributed by atoms with Crippen LogP contribution in [0.2, 0.25) is 0 Å². The molecule has 2 aromatic carbocycles. The van der Waals surface area contributed by atoms with E-state index in [1.165, 1.54) is 0 Å². The van der Waals surface area contributed by atoms with Gasteiger partial charge in [0, 0.05) is 22.9 Å². The van der Waals surface area contributed by atoms with E-state index >= 15 is 0 Å². The fourth-order valence-electron chi connectivity index (χ4n) is 1.50. The van der Waals surface area contributed by atoms with Gasteiger partial charge in [-0.25, -0.2) is 0 Å². The molecule has 0 aliphatic carbocycles. The van der Waals surface area contributed by atoms with Gasteiger partial charge in [-0.05, 0) is 35.4 Å². The molecule has 0 atom stereocenters. The fraction of sp³-hybridized carbons (Fsp3) is 0.125. The summed E-state index contributed by atoms with van der Waals surface area (Å²) in [7, 11) is 0. The largest absolute Gasteiger partial charge is 0.122 e. The zero-order valence-electron chi connectivity index (χ0n) is 9.79. The number of hydrogen-bond donors (Lipinski definition) is 0. The van der Waals surface area contributed by atoms with Crippen molar-refractivity contribution in [2.75, 3.05) is 0 Å². The summed E-state index contributed by atoms with van der Waals surface area (Å²) >= 11 is 11.5. The highest BCUT2D eigenvalue weighted by atomic mass is 35.5. The molecule has 0 saturated carbocycles. The summed E-state index contributed by atoms with van der Waals surface area (Å²) in [5.74, 6) is 7.32. The molecule has 2 aromatic rings. The maximum Gasteiger partial charge on any atom is 0.0474 e. The van der Waals surface area contributed by atoms with E-state index in [9.17, 15) is 0 Å². The molecular weight excluding hydrogens is 263 g/mol. The Hall–Kier alpha value is -1.42. The normalized spacial score (nSPS) is 9.67. The second-order valence-electron chi connectivity index (χ2n) is 3.91. The third-order valence-corrected chi connectivity index (χ3v) is 3.18. The summed E-state index contributed by atoms with van der Waals surface area (Å²) in [6, 6.07) is 15.9. The standard InChI is InChI=1S/C16H12Cl2/c17-11-15-7-3-13(4-8-15)1-2-14-5-9-16(12-18)10-6-14/h3-10H,11-12H2. The summed E-state index contributed by atoms with van der Waals surface area (Å²) in [5, 5.41) is 0. The van der Waals surface area contributed by atoms with Crippen LogP contribution in [-0.4, -0.2) is 0 Å². The molecule has 2 heteroatoms. The summed E-state index contributed by atoms with van der Waals surface area (Å²) in [4.78, 5) is 0. The van der Waals surface area contributed by atoms with Gasteiger partial charge in [-0.15, -0.1) is 23.2 Å². The Labute approximate surface area is 118 Å². The van der Waals surface area contributed by atoms with Crippen molar-refractivity contribution in [1.82, 2.24) is 0 Å². The van der Waals surface area contributed by atoms with Gasteiger partial charge in [-0.2, -0.15) is 0 Å². The molecule has 0 heterocycles. The zero-order valence-corrected chi connectivity index (χ0v) is 11.3. The molecule has 0 fully saturated rings. The van der Waals surface area contributed by atoms with Gasteiger partial charge < -0.3 is 0 Å². The molecule has 0 amide bonds. The molecule has 0 radical (unpaired) electrons. The van der Waals surface area contributed by atoms with Crippen molar-refractivity contribution in [3.8, 4) is 11.8 Å². The fourth-order valence-corrected chi connectivity index (χ4v) is 1.86. The Morgan fingerprint density at radius 2 is 0.944 bits per heavy atom. The van der Waals surface area contributed by atoms with E-state index in [4.69, 9.17) is 23.2 Å². The van der Waals surface area contributed by atoms with Crippen LogP contribution >= 0.6 is 23.2 Å². The van der Waals surface area contributed by atoms with Gasteiger partial charge in [0.2, 0.25) is 0 Å². The van der Waals surface area contributed by atoms with E-state index < -0.39 is 0 Å². The maximum absolute atomic E-state index is 5.73. The summed E-state index contributed by atoms with van der Waals surface area (Å²) in [6.07, 6.45) is 0. The summed E-state index contributed by atoms with van der Waals surface area (Å²) in [5.41, 5.74) is 4.19. The predicted octanol–water partition coefficient (Wildman–Crippen LogP) is 4.56. The number of hydrogen-bond acceptors (Lipinski definition) is 0. The minimum absolute atomic E-state index is 0.535. The lowest BCUT2D eigenvalue weighted by molar-refractivity contribution is 1.39. The average molecular weight is 275 g/mol. The van der Waals surface area contributed by atoms with Crippen LogP contribution in [0.25, 0.3) is 0 Å². The molecule has 18 heavy (non-hydrogen) atoms. The predicted molar refractivity (Wildman–Crippen MR) is 78.0 cm³/mol. The van der Waals surface area contributed by atoms with Crippen LogP contribution in [0.3, 0.4) is 0 Å². The van der Waals surface area contributed by atoms with E-state index in [-0.39, 0.29) is 0 Å². The minimum atomic E-state index is 0.535. The number of alkyl halides is 2. The quantitative estimate of drug-likeness (QED) is 0.556. The lowest BCUT2D eigenvalue weighted by Gasteiger charge is -1.95. The zero-order chi connectivity index (χ0) is 12.8. The van der Waals surface area contributed by atoms with E-state index in [0.717, 1.165) is 22.3 Å². The highest BCUT2D eigenvalue weighted by Crippen LogP contribution is 2.08. The lowest BCUT2D eigenvalue weighted by atomic mass is 10.1. The Kier molecular flexibility index (Phi) is 4.70. The van der Waals surface area contributed by atoms with Gasteiger partial charge in [0.15, 0.2) is 0 Å². The van der Waals surface area contributed by atoms with Crippen molar-refractivity contribution >= 4 is 23.2 Å². The van der Waals surface area contributed by atoms with E-state index in [1.54, 1.807) is 0 Å². The van der Waals surface area contributed by atoms with Crippen molar-refractivity contribution < 1.29 is 0 Å². The minimum Gasteiger partial charge on any atom is -0.122 e. The average Bonchev–Trinajstić information content (AvgIpc) is 2.46. The van der Waals surface area contributed by atoms with Gasteiger partial charge in [-0.1, -0.05) is 36.1 Å². The van der Waals surface area contributed by atoms with Gasteiger partial charge in [0.1, 0.15) is 0 Å². The number of halogens is 2. The Morgan fingerprint density at radius 1 is 0.611 bits per heavy atom. The molecule has 0 unspecified atom stereocenters. The van der Waals surface area contributed by atoms with Gasteiger partial charge in [0.25, 0.3) is 0 Å². The second-order valence-corrected chi connectivity index (χ2v) is 4.45. The van der Waals surface area contributed by atoms with Crippen LogP contribution in [0.1, 0.15) is 22.3 Å². The van der Waals surface area contributed by atoms with E-state index in [2.05, 4.69) is 11.8 Å². The molecular formula is C16H12Cl2. The Bertz CT molecular complexity index is 505. The van der Waals surface area contributed by atoms with Gasteiger partial charge >= 0.3 is 0 Å². The maximum atomic E-state index is 5.73. The lowest BCUT2D eigenvalue weighted by Crippen LogP contribution is -1.80.